The number of hydrogen-bond donors (Lipinski definition) is 2. The van der Waals surface area contributed by atoms with Crippen LogP contribution in [-0.4, -0.2) is 21.9 Å². The molecule has 23 heavy (non-hydrogen) atoms. The van der Waals surface area contributed by atoms with E-state index < -0.39 is 11.7 Å². The number of benzene rings is 1. The maximum atomic E-state index is 10.8. The van der Waals surface area contributed by atoms with Crippen LogP contribution in [0.4, 0.5) is 0 Å². The van der Waals surface area contributed by atoms with Crippen LogP contribution in [0.5, 0.6) is 0 Å². The van der Waals surface area contributed by atoms with Gasteiger partial charge in [0, 0.05) is 5.41 Å². The lowest BCUT2D eigenvalue weighted by atomic mass is 9.52. The predicted molar refractivity (Wildman–Crippen MR) is 88.6 cm³/mol. The molecular formula is C20H23NO2. The third-order valence-corrected chi connectivity index (χ3v) is 5.95. The van der Waals surface area contributed by atoms with Gasteiger partial charge in [0.25, 0.3) is 0 Å². The van der Waals surface area contributed by atoms with Gasteiger partial charge in [0.05, 0.1) is 17.7 Å². The van der Waals surface area contributed by atoms with Crippen LogP contribution >= 0.6 is 0 Å². The van der Waals surface area contributed by atoms with E-state index in [1.54, 1.807) is 6.92 Å². The van der Waals surface area contributed by atoms with Crippen molar-refractivity contribution in [3.8, 4) is 17.9 Å². The zero-order chi connectivity index (χ0) is 16.7. The fraction of sp³-hybridized carbons (Fsp3) is 0.550. The average molecular weight is 309 g/mol. The SMILES string of the molecule is CC#CC1(O)CC2CCc3cc(C#N)ccc3C2(CC)CC1O. The van der Waals surface area contributed by atoms with E-state index >= 15 is 0 Å². The summed E-state index contributed by atoms with van der Waals surface area (Å²) in [4.78, 5) is 0. The first-order chi connectivity index (χ1) is 11.0. The molecule has 3 nitrogen and oxygen atoms in total. The molecule has 4 atom stereocenters. The number of aliphatic hydroxyl groups is 2. The van der Waals surface area contributed by atoms with E-state index in [-0.39, 0.29) is 5.41 Å². The van der Waals surface area contributed by atoms with Gasteiger partial charge < -0.3 is 10.2 Å². The molecule has 2 aliphatic rings. The number of rotatable bonds is 1. The lowest BCUT2D eigenvalue weighted by Crippen LogP contribution is -2.57. The van der Waals surface area contributed by atoms with Crippen molar-refractivity contribution < 1.29 is 10.2 Å². The quantitative estimate of drug-likeness (QED) is 0.784. The molecule has 1 saturated carbocycles. The summed E-state index contributed by atoms with van der Waals surface area (Å²) in [5, 5.41) is 30.5. The van der Waals surface area contributed by atoms with E-state index in [1.165, 1.54) is 11.1 Å². The van der Waals surface area contributed by atoms with Gasteiger partial charge in [-0.3, -0.25) is 0 Å². The van der Waals surface area contributed by atoms with Gasteiger partial charge in [-0.2, -0.15) is 5.26 Å². The van der Waals surface area contributed by atoms with Gasteiger partial charge in [-0.05, 0) is 68.2 Å². The molecule has 0 heterocycles. The van der Waals surface area contributed by atoms with E-state index in [2.05, 4.69) is 30.9 Å². The first-order valence-corrected chi connectivity index (χ1v) is 8.37. The number of nitrogens with zero attached hydrogens (tertiary/aromatic N) is 1. The largest absolute Gasteiger partial charge is 0.389 e. The molecule has 0 radical (unpaired) electrons. The summed E-state index contributed by atoms with van der Waals surface area (Å²) >= 11 is 0. The molecule has 3 heteroatoms. The zero-order valence-corrected chi connectivity index (χ0v) is 13.8. The van der Waals surface area contributed by atoms with Crippen LogP contribution in [0.3, 0.4) is 0 Å². The van der Waals surface area contributed by atoms with Crippen molar-refractivity contribution in [1.82, 2.24) is 0 Å². The predicted octanol–water partition coefficient (Wildman–Crippen LogP) is 2.68. The van der Waals surface area contributed by atoms with E-state index in [0.717, 1.165) is 19.3 Å². The summed E-state index contributed by atoms with van der Waals surface area (Å²) in [5.41, 5.74) is 1.76. The van der Waals surface area contributed by atoms with Gasteiger partial charge in [0.1, 0.15) is 0 Å². The molecular weight excluding hydrogens is 286 g/mol. The lowest BCUT2D eigenvalue weighted by molar-refractivity contribution is -0.106. The Morgan fingerprint density at radius 1 is 1.35 bits per heavy atom. The molecule has 1 fully saturated rings. The van der Waals surface area contributed by atoms with Crippen LogP contribution in [0.25, 0.3) is 0 Å². The molecule has 2 N–H and O–H groups in total. The van der Waals surface area contributed by atoms with Crippen LogP contribution in [-0.2, 0) is 11.8 Å². The van der Waals surface area contributed by atoms with Gasteiger partial charge >= 0.3 is 0 Å². The smallest absolute Gasteiger partial charge is 0.151 e. The number of aliphatic hydroxyl groups excluding tert-OH is 1. The molecule has 1 aromatic carbocycles. The Balaban J connectivity index is 2.07. The highest BCUT2D eigenvalue weighted by Crippen LogP contribution is 2.54. The minimum atomic E-state index is -1.29. The van der Waals surface area contributed by atoms with E-state index in [0.29, 0.717) is 24.3 Å². The third kappa shape index (κ3) is 2.36. The number of fused-ring (bicyclic) bond motifs is 3. The summed E-state index contributed by atoms with van der Waals surface area (Å²) in [6.07, 6.45) is 3.01. The standard InChI is InChI=1S/C20H23NO2/c1-3-9-20(23)11-16-7-6-15-10-14(13-21)5-8-17(15)19(16,4-2)12-18(20)22/h5,8,10,16,18,22-23H,4,6-7,11-12H2,1-2H3. The van der Waals surface area contributed by atoms with Crippen molar-refractivity contribution in [2.24, 2.45) is 5.92 Å². The van der Waals surface area contributed by atoms with Crippen LogP contribution in [0.2, 0.25) is 0 Å². The van der Waals surface area contributed by atoms with Crippen molar-refractivity contribution >= 4 is 0 Å². The zero-order valence-electron chi connectivity index (χ0n) is 13.8. The Bertz CT molecular complexity index is 723. The molecule has 0 saturated heterocycles. The summed E-state index contributed by atoms with van der Waals surface area (Å²) in [6, 6.07) is 8.13. The molecule has 0 bridgehead atoms. The van der Waals surface area contributed by atoms with E-state index in [9.17, 15) is 10.2 Å². The Morgan fingerprint density at radius 2 is 2.13 bits per heavy atom. The van der Waals surface area contributed by atoms with Crippen molar-refractivity contribution in [1.29, 1.82) is 5.26 Å². The lowest BCUT2D eigenvalue weighted by Gasteiger charge is -2.53. The Morgan fingerprint density at radius 3 is 2.78 bits per heavy atom. The van der Waals surface area contributed by atoms with Crippen LogP contribution in [0.15, 0.2) is 18.2 Å². The summed E-state index contributed by atoms with van der Waals surface area (Å²) in [5.74, 6) is 5.92. The molecule has 0 aromatic heterocycles. The normalized spacial score (nSPS) is 35.3. The highest BCUT2D eigenvalue weighted by molar-refractivity contribution is 5.45. The first kappa shape index (κ1) is 16.1. The molecule has 4 unspecified atom stereocenters. The third-order valence-electron chi connectivity index (χ3n) is 5.95. The Labute approximate surface area is 138 Å². The summed E-state index contributed by atoms with van der Waals surface area (Å²) in [6.45, 7) is 3.86. The Kier molecular flexibility index (Phi) is 3.96. The molecule has 0 aliphatic heterocycles. The fourth-order valence-corrected chi connectivity index (χ4v) is 4.76. The molecule has 2 aliphatic carbocycles. The average Bonchev–Trinajstić information content (AvgIpc) is 2.55. The van der Waals surface area contributed by atoms with Gasteiger partial charge in [-0.25, -0.2) is 0 Å². The second kappa shape index (κ2) is 5.68. The van der Waals surface area contributed by atoms with Crippen LogP contribution < -0.4 is 0 Å². The second-order valence-corrected chi connectivity index (χ2v) is 6.95. The fourth-order valence-electron chi connectivity index (χ4n) is 4.76. The van der Waals surface area contributed by atoms with E-state index in [1.807, 2.05) is 12.1 Å². The molecule has 0 spiro atoms. The first-order valence-electron chi connectivity index (χ1n) is 8.37. The second-order valence-electron chi connectivity index (χ2n) is 6.95. The molecule has 3 rings (SSSR count). The minimum absolute atomic E-state index is 0.122. The number of hydrogen-bond acceptors (Lipinski definition) is 3. The summed E-state index contributed by atoms with van der Waals surface area (Å²) < 4.78 is 0. The molecule has 1 aromatic rings. The van der Waals surface area contributed by atoms with Gasteiger partial charge in [-0.1, -0.05) is 18.9 Å². The number of aryl methyl sites for hydroxylation is 1. The maximum Gasteiger partial charge on any atom is 0.151 e. The van der Waals surface area contributed by atoms with Crippen molar-refractivity contribution in [3.05, 3.63) is 34.9 Å². The van der Waals surface area contributed by atoms with Gasteiger partial charge in [0.2, 0.25) is 0 Å². The van der Waals surface area contributed by atoms with E-state index in [4.69, 9.17) is 5.26 Å². The van der Waals surface area contributed by atoms with Crippen molar-refractivity contribution in [2.75, 3.05) is 0 Å². The maximum absolute atomic E-state index is 10.8. The van der Waals surface area contributed by atoms with Crippen LogP contribution in [0.1, 0.15) is 56.2 Å². The topological polar surface area (TPSA) is 64.2 Å². The van der Waals surface area contributed by atoms with Crippen molar-refractivity contribution in [2.45, 2.75) is 63.1 Å². The van der Waals surface area contributed by atoms with Crippen molar-refractivity contribution in [3.63, 3.8) is 0 Å². The number of nitriles is 1. The summed E-state index contributed by atoms with van der Waals surface area (Å²) in [7, 11) is 0. The highest BCUT2D eigenvalue weighted by Gasteiger charge is 2.54. The molecule has 0 amide bonds. The molecule has 120 valence electrons. The Hall–Kier alpha value is -1.81. The van der Waals surface area contributed by atoms with Gasteiger partial charge in [-0.15, -0.1) is 5.92 Å². The van der Waals surface area contributed by atoms with Crippen LogP contribution in [0, 0.1) is 29.1 Å². The minimum Gasteiger partial charge on any atom is -0.389 e. The monoisotopic (exact) mass is 309 g/mol. The van der Waals surface area contributed by atoms with Gasteiger partial charge in [0.15, 0.2) is 5.60 Å². The highest BCUT2D eigenvalue weighted by atomic mass is 16.3.